The molecule has 0 aliphatic carbocycles. The molecule has 8 heteroatoms. The second-order valence-corrected chi connectivity index (χ2v) is 8.99. The quantitative estimate of drug-likeness (QED) is 0.550. The van der Waals surface area contributed by atoms with E-state index in [2.05, 4.69) is 22.5 Å². The van der Waals surface area contributed by atoms with Gasteiger partial charge >= 0.3 is 0 Å². The number of aromatic nitrogens is 3. The Morgan fingerprint density at radius 1 is 1.24 bits per heavy atom. The lowest BCUT2D eigenvalue weighted by atomic mass is 9.80. The topological polar surface area (TPSA) is 92.3 Å². The summed E-state index contributed by atoms with van der Waals surface area (Å²) in [4.78, 5) is 29.0. The molecule has 1 atom stereocenters. The predicted molar refractivity (Wildman–Crippen MR) is 133 cm³/mol. The van der Waals surface area contributed by atoms with Gasteiger partial charge in [0.15, 0.2) is 0 Å². The fourth-order valence-electron chi connectivity index (χ4n) is 4.42. The zero-order chi connectivity index (χ0) is 24.1. The summed E-state index contributed by atoms with van der Waals surface area (Å²) in [6.45, 7) is 5.99. The molecule has 1 saturated heterocycles. The van der Waals surface area contributed by atoms with Crippen molar-refractivity contribution in [3.63, 3.8) is 0 Å². The van der Waals surface area contributed by atoms with Crippen molar-refractivity contribution in [2.45, 2.75) is 38.6 Å². The number of likely N-dealkylation sites (tertiary alicyclic amines) is 1. The smallest absolute Gasteiger partial charge is 0.253 e. The van der Waals surface area contributed by atoms with Crippen molar-refractivity contribution in [3.05, 3.63) is 71.4 Å². The molecular weight excluding hydrogens is 428 g/mol. The fourth-order valence-corrected chi connectivity index (χ4v) is 4.42. The van der Waals surface area contributed by atoms with Gasteiger partial charge in [0.2, 0.25) is 0 Å². The number of hydrogen-bond acceptors (Lipinski definition) is 7. The SMILES string of the molecule is CNc1cc(C)nc(C2(C)CCCN(C(=O)c3ccc(OC)c(NCc4cccnc4)c3)C2)n1. The van der Waals surface area contributed by atoms with Gasteiger partial charge in [-0.2, -0.15) is 0 Å². The molecule has 0 spiro atoms. The van der Waals surface area contributed by atoms with Crippen LogP contribution >= 0.6 is 0 Å². The summed E-state index contributed by atoms with van der Waals surface area (Å²) in [5, 5.41) is 6.49. The molecule has 0 radical (unpaired) electrons. The molecular formula is C26H32N6O2. The van der Waals surface area contributed by atoms with Crippen molar-refractivity contribution < 1.29 is 9.53 Å². The summed E-state index contributed by atoms with van der Waals surface area (Å²) >= 11 is 0. The highest BCUT2D eigenvalue weighted by Crippen LogP contribution is 2.34. The van der Waals surface area contributed by atoms with Crippen molar-refractivity contribution in [2.75, 3.05) is 37.9 Å². The molecule has 34 heavy (non-hydrogen) atoms. The number of nitrogens with zero attached hydrogens (tertiary/aromatic N) is 4. The Hall–Kier alpha value is -3.68. The fraction of sp³-hybridized carbons (Fsp3) is 0.385. The van der Waals surface area contributed by atoms with Crippen LogP contribution in [0.15, 0.2) is 48.8 Å². The number of carbonyl (C=O) groups excluding carboxylic acids is 1. The molecule has 0 bridgehead atoms. The van der Waals surface area contributed by atoms with Gasteiger partial charge in [0.25, 0.3) is 5.91 Å². The first-order chi connectivity index (χ1) is 16.4. The second kappa shape index (κ2) is 10.1. The van der Waals surface area contributed by atoms with Crippen molar-refractivity contribution >= 4 is 17.4 Å². The molecule has 3 heterocycles. The number of aryl methyl sites for hydroxylation is 1. The number of ether oxygens (including phenoxy) is 1. The number of methoxy groups -OCH3 is 1. The minimum atomic E-state index is -0.306. The zero-order valence-electron chi connectivity index (χ0n) is 20.3. The van der Waals surface area contributed by atoms with Gasteiger partial charge in [0.05, 0.1) is 12.8 Å². The number of rotatable bonds is 7. The van der Waals surface area contributed by atoms with Crippen LogP contribution < -0.4 is 15.4 Å². The predicted octanol–water partition coefficient (Wildman–Crippen LogP) is 4.04. The Labute approximate surface area is 200 Å². The number of nitrogens with one attached hydrogen (secondary N) is 2. The molecule has 1 aromatic carbocycles. The Bertz CT molecular complexity index is 1150. The maximum atomic E-state index is 13.5. The molecule has 1 aliphatic heterocycles. The van der Waals surface area contributed by atoms with E-state index in [1.165, 1.54) is 0 Å². The summed E-state index contributed by atoms with van der Waals surface area (Å²) in [7, 11) is 3.48. The van der Waals surface area contributed by atoms with Gasteiger partial charge < -0.3 is 20.3 Å². The molecule has 3 aromatic rings. The van der Waals surface area contributed by atoms with Crippen molar-refractivity contribution in [1.29, 1.82) is 0 Å². The summed E-state index contributed by atoms with van der Waals surface area (Å²) in [5.74, 6) is 2.27. The largest absolute Gasteiger partial charge is 0.495 e. The number of pyridine rings is 1. The van der Waals surface area contributed by atoms with E-state index in [1.54, 1.807) is 13.3 Å². The number of benzene rings is 1. The Morgan fingerprint density at radius 2 is 2.09 bits per heavy atom. The summed E-state index contributed by atoms with van der Waals surface area (Å²) < 4.78 is 5.51. The summed E-state index contributed by atoms with van der Waals surface area (Å²) in [6, 6.07) is 11.4. The second-order valence-electron chi connectivity index (χ2n) is 8.99. The van der Waals surface area contributed by atoms with Crippen LogP contribution in [0.3, 0.4) is 0 Å². The number of amides is 1. The van der Waals surface area contributed by atoms with Crippen LogP contribution in [-0.4, -0.2) is 53.0 Å². The number of hydrogen-bond donors (Lipinski definition) is 2. The van der Waals surface area contributed by atoms with Gasteiger partial charge in [-0.25, -0.2) is 9.97 Å². The molecule has 1 aliphatic rings. The first-order valence-electron chi connectivity index (χ1n) is 11.6. The molecule has 1 fully saturated rings. The Kier molecular flexibility index (Phi) is 6.95. The third-order valence-electron chi connectivity index (χ3n) is 6.29. The standard InChI is InChI=1S/C26H32N6O2/c1-18-13-23(27-3)31-25(30-18)26(2)10-6-12-32(17-26)24(33)20-8-9-22(34-4)21(14-20)29-16-19-7-5-11-28-15-19/h5,7-9,11,13-15,29H,6,10,12,16-17H2,1-4H3,(H,27,30,31). The highest BCUT2D eigenvalue weighted by Gasteiger charge is 2.37. The van der Waals surface area contributed by atoms with Crippen LogP contribution in [-0.2, 0) is 12.0 Å². The van der Waals surface area contributed by atoms with E-state index in [0.717, 1.165) is 41.4 Å². The average molecular weight is 461 g/mol. The van der Waals surface area contributed by atoms with Gasteiger partial charge in [-0.1, -0.05) is 13.0 Å². The zero-order valence-corrected chi connectivity index (χ0v) is 20.3. The number of piperidine rings is 1. The van der Waals surface area contributed by atoms with Crippen molar-refractivity contribution in [1.82, 2.24) is 19.9 Å². The lowest BCUT2D eigenvalue weighted by molar-refractivity contribution is 0.0644. The normalized spacial score (nSPS) is 17.8. The highest BCUT2D eigenvalue weighted by molar-refractivity contribution is 5.95. The van der Waals surface area contributed by atoms with Crippen molar-refractivity contribution in [2.24, 2.45) is 0 Å². The molecule has 0 saturated carbocycles. The van der Waals surface area contributed by atoms with E-state index in [1.807, 2.05) is 61.5 Å². The van der Waals surface area contributed by atoms with Crippen LogP contribution in [0.1, 0.15) is 47.2 Å². The third-order valence-corrected chi connectivity index (χ3v) is 6.29. The molecule has 1 unspecified atom stereocenters. The molecule has 4 rings (SSSR count). The molecule has 2 N–H and O–H groups in total. The van der Waals surface area contributed by atoms with Gasteiger partial charge in [0.1, 0.15) is 17.4 Å². The Morgan fingerprint density at radius 3 is 2.82 bits per heavy atom. The first kappa shape index (κ1) is 23.5. The van der Waals surface area contributed by atoms with E-state index in [4.69, 9.17) is 14.7 Å². The third kappa shape index (κ3) is 5.11. The monoisotopic (exact) mass is 460 g/mol. The van der Waals surface area contributed by atoms with Gasteiger partial charge in [-0.05, 0) is 49.6 Å². The van der Waals surface area contributed by atoms with Gasteiger partial charge in [-0.15, -0.1) is 0 Å². The molecule has 8 nitrogen and oxygen atoms in total. The lowest BCUT2D eigenvalue weighted by Crippen LogP contribution is -2.48. The van der Waals surface area contributed by atoms with Crippen molar-refractivity contribution in [3.8, 4) is 5.75 Å². The first-order valence-corrected chi connectivity index (χ1v) is 11.6. The summed E-state index contributed by atoms with van der Waals surface area (Å²) in [6.07, 6.45) is 5.40. The van der Waals surface area contributed by atoms with Crippen LogP contribution in [0.4, 0.5) is 11.5 Å². The maximum absolute atomic E-state index is 13.5. The van der Waals surface area contributed by atoms with E-state index >= 15 is 0 Å². The number of carbonyl (C=O) groups is 1. The lowest BCUT2D eigenvalue weighted by Gasteiger charge is -2.39. The van der Waals surface area contributed by atoms with E-state index < -0.39 is 0 Å². The van der Waals surface area contributed by atoms with Crippen LogP contribution in [0.5, 0.6) is 5.75 Å². The van der Waals surface area contributed by atoms with Crippen LogP contribution in [0, 0.1) is 6.92 Å². The van der Waals surface area contributed by atoms with Crippen LogP contribution in [0.2, 0.25) is 0 Å². The molecule has 1 amide bonds. The molecule has 178 valence electrons. The van der Waals surface area contributed by atoms with Gasteiger partial charge in [0, 0.05) is 61.8 Å². The Balaban J connectivity index is 1.54. The van der Waals surface area contributed by atoms with E-state index in [0.29, 0.717) is 30.9 Å². The van der Waals surface area contributed by atoms with E-state index in [-0.39, 0.29) is 11.3 Å². The van der Waals surface area contributed by atoms with Gasteiger partial charge in [-0.3, -0.25) is 9.78 Å². The van der Waals surface area contributed by atoms with E-state index in [9.17, 15) is 4.79 Å². The number of anilines is 2. The average Bonchev–Trinajstić information content (AvgIpc) is 2.87. The minimum Gasteiger partial charge on any atom is -0.495 e. The highest BCUT2D eigenvalue weighted by atomic mass is 16.5. The van der Waals surface area contributed by atoms with Crippen LogP contribution in [0.25, 0.3) is 0 Å². The summed E-state index contributed by atoms with van der Waals surface area (Å²) in [5.41, 5.74) is 3.06. The maximum Gasteiger partial charge on any atom is 0.253 e. The molecule has 2 aromatic heterocycles. The minimum absolute atomic E-state index is 0.000464.